The lowest BCUT2D eigenvalue weighted by Crippen LogP contribution is -2.23. The zero-order valence-electron chi connectivity index (χ0n) is 10.1. The van der Waals surface area contributed by atoms with Crippen molar-refractivity contribution in [2.75, 3.05) is 0 Å². The normalized spacial score (nSPS) is 10.4. The molecule has 0 aliphatic carbocycles. The van der Waals surface area contributed by atoms with Crippen LogP contribution < -0.4 is 5.32 Å². The van der Waals surface area contributed by atoms with E-state index < -0.39 is 23.4 Å². The molecule has 1 N–H and O–H groups in total. The Hall–Kier alpha value is -1.82. The highest BCUT2D eigenvalue weighted by Gasteiger charge is 2.10. The van der Waals surface area contributed by atoms with E-state index in [1.807, 2.05) is 0 Å². The fourth-order valence-corrected chi connectivity index (χ4v) is 1.84. The second-order valence-electron chi connectivity index (χ2n) is 4.05. The van der Waals surface area contributed by atoms with Gasteiger partial charge in [-0.2, -0.15) is 0 Å². The molecule has 2 aromatic rings. The van der Waals surface area contributed by atoms with Gasteiger partial charge >= 0.3 is 0 Å². The first-order valence-electron chi connectivity index (χ1n) is 5.64. The van der Waals surface area contributed by atoms with Crippen molar-refractivity contribution in [2.45, 2.75) is 6.54 Å². The summed E-state index contributed by atoms with van der Waals surface area (Å²) in [4.78, 5) is 11.8. The average Bonchev–Trinajstić information content (AvgIpc) is 2.42. The van der Waals surface area contributed by atoms with Crippen molar-refractivity contribution in [3.63, 3.8) is 0 Å². The third-order valence-electron chi connectivity index (χ3n) is 2.63. The van der Waals surface area contributed by atoms with Crippen molar-refractivity contribution in [2.24, 2.45) is 0 Å². The summed E-state index contributed by atoms with van der Waals surface area (Å²) >= 11 is 2.97. The first kappa shape index (κ1) is 14.6. The number of hydrogen-bond acceptors (Lipinski definition) is 1. The van der Waals surface area contributed by atoms with Crippen LogP contribution in [-0.4, -0.2) is 5.91 Å². The Bertz CT molecular complexity index is 661. The molecule has 0 bridgehead atoms. The maximum absolute atomic E-state index is 13.4. The number of rotatable bonds is 3. The van der Waals surface area contributed by atoms with Gasteiger partial charge in [-0.05, 0) is 52.3 Å². The number of halogens is 4. The monoisotopic (exact) mass is 343 g/mol. The van der Waals surface area contributed by atoms with E-state index in [4.69, 9.17) is 0 Å². The highest BCUT2D eigenvalue weighted by molar-refractivity contribution is 9.10. The predicted octanol–water partition coefficient (Wildman–Crippen LogP) is 3.80. The molecule has 2 rings (SSSR count). The lowest BCUT2D eigenvalue weighted by molar-refractivity contribution is 0.0950. The van der Waals surface area contributed by atoms with Crippen molar-refractivity contribution >= 4 is 21.8 Å². The SMILES string of the molecule is O=C(NCc1cc(F)ccc1F)c1ccc(Br)c(F)c1. The van der Waals surface area contributed by atoms with Gasteiger partial charge in [0.25, 0.3) is 5.91 Å². The molecular weight excluding hydrogens is 335 g/mol. The average molecular weight is 344 g/mol. The van der Waals surface area contributed by atoms with E-state index in [2.05, 4.69) is 21.2 Å². The molecule has 0 aromatic heterocycles. The molecule has 0 aliphatic rings. The van der Waals surface area contributed by atoms with E-state index in [0.29, 0.717) is 0 Å². The quantitative estimate of drug-likeness (QED) is 0.902. The second kappa shape index (κ2) is 6.09. The van der Waals surface area contributed by atoms with Gasteiger partial charge in [-0.3, -0.25) is 4.79 Å². The Morgan fingerprint density at radius 2 is 1.80 bits per heavy atom. The number of hydrogen-bond donors (Lipinski definition) is 1. The molecule has 0 fully saturated rings. The summed E-state index contributed by atoms with van der Waals surface area (Å²) in [6.45, 7) is -0.180. The minimum absolute atomic E-state index is 0.0240. The van der Waals surface area contributed by atoms with E-state index >= 15 is 0 Å². The predicted molar refractivity (Wildman–Crippen MR) is 71.6 cm³/mol. The molecule has 0 spiro atoms. The largest absolute Gasteiger partial charge is 0.348 e. The second-order valence-corrected chi connectivity index (χ2v) is 4.90. The summed E-state index contributed by atoms with van der Waals surface area (Å²) < 4.78 is 39.8. The summed E-state index contributed by atoms with van der Waals surface area (Å²) in [5.74, 6) is -2.35. The molecular formula is C14H9BrF3NO. The molecule has 0 saturated carbocycles. The Balaban J connectivity index is 2.08. The summed E-state index contributed by atoms with van der Waals surface area (Å²) in [6.07, 6.45) is 0. The molecule has 0 aliphatic heterocycles. The Morgan fingerprint density at radius 1 is 1.05 bits per heavy atom. The van der Waals surface area contributed by atoms with Crippen LogP contribution in [0.4, 0.5) is 13.2 Å². The van der Waals surface area contributed by atoms with Crippen LogP contribution in [0.15, 0.2) is 40.9 Å². The maximum Gasteiger partial charge on any atom is 0.251 e. The molecule has 104 valence electrons. The molecule has 2 aromatic carbocycles. The molecule has 20 heavy (non-hydrogen) atoms. The van der Waals surface area contributed by atoms with Gasteiger partial charge in [0, 0.05) is 17.7 Å². The van der Waals surface area contributed by atoms with Crippen LogP contribution in [0.1, 0.15) is 15.9 Å². The number of nitrogens with one attached hydrogen (secondary N) is 1. The van der Waals surface area contributed by atoms with Crippen LogP contribution in [-0.2, 0) is 6.54 Å². The van der Waals surface area contributed by atoms with E-state index in [1.54, 1.807) is 0 Å². The molecule has 2 nitrogen and oxygen atoms in total. The van der Waals surface area contributed by atoms with Crippen LogP contribution in [0.25, 0.3) is 0 Å². The van der Waals surface area contributed by atoms with Crippen molar-refractivity contribution in [3.8, 4) is 0 Å². The first-order chi connectivity index (χ1) is 9.47. The molecule has 0 saturated heterocycles. The van der Waals surface area contributed by atoms with Crippen molar-refractivity contribution in [1.29, 1.82) is 0 Å². The zero-order chi connectivity index (χ0) is 14.7. The Kier molecular flexibility index (Phi) is 4.44. The van der Waals surface area contributed by atoms with Gasteiger partial charge in [0.2, 0.25) is 0 Å². The van der Waals surface area contributed by atoms with Gasteiger partial charge in [-0.25, -0.2) is 13.2 Å². The molecule has 1 amide bonds. The van der Waals surface area contributed by atoms with Crippen LogP contribution >= 0.6 is 15.9 Å². The fourth-order valence-electron chi connectivity index (χ4n) is 1.59. The van der Waals surface area contributed by atoms with Crippen molar-refractivity contribution < 1.29 is 18.0 Å². The number of amides is 1. The number of carbonyl (C=O) groups is 1. The van der Waals surface area contributed by atoms with E-state index in [9.17, 15) is 18.0 Å². The zero-order valence-corrected chi connectivity index (χ0v) is 11.7. The van der Waals surface area contributed by atoms with Crippen molar-refractivity contribution in [3.05, 3.63) is 69.4 Å². The summed E-state index contributed by atoms with van der Waals surface area (Å²) in [6, 6.07) is 6.84. The van der Waals surface area contributed by atoms with Gasteiger partial charge in [0.1, 0.15) is 17.5 Å². The Morgan fingerprint density at radius 3 is 2.50 bits per heavy atom. The lowest BCUT2D eigenvalue weighted by atomic mass is 10.1. The van der Waals surface area contributed by atoms with Gasteiger partial charge in [-0.15, -0.1) is 0 Å². The minimum Gasteiger partial charge on any atom is -0.348 e. The van der Waals surface area contributed by atoms with Crippen LogP contribution in [0.5, 0.6) is 0 Å². The van der Waals surface area contributed by atoms with Crippen molar-refractivity contribution in [1.82, 2.24) is 5.32 Å². The van der Waals surface area contributed by atoms with Crippen LogP contribution in [0.3, 0.4) is 0 Å². The third kappa shape index (κ3) is 3.39. The van der Waals surface area contributed by atoms with Gasteiger partial charge in [0.15, 0.2) is 0 Å². The van der Waals surface area contributed by atoms with E-state index in [1.165, 1.54) is 12.1 Å². The van der Waals surface area contributed by atoms with Crippen LogP contribution in [0, 0.1) is 17.5 Å². The van der Waals surface area contributed by atoms with Gasteiger partial charge in [0.05, 0.1) is 4.47 Å². The summed E-state index contributed by atoms with van der Waals surface area (Å²) in [5, 5.41) is 2.40. The van der Waals surface area contributed by atoms with Gasteiger partial charge in [-0.1, -0.05) is 0 Å². The topological polar surface area (TPSA) is 29.1 Å². The standard InChI is InChI=1S/C14H9BrF3NO/c15-11-3-1-8(6-13(11)18)14(20)19-7-9-5-10(16)2-4-12(9)17/h1-6H,7H2,(H,19,20). The Labute approximate surface area is 121 Å². The number of carbonyl (C=O) groups excluding carboxylic acids is 1. The van der Waals surface area contributed by atoms with E-state index in [0.717, 1.165) is 24.3 Å². The third-order valence-corrected chi connectivity index (χ3v) is 3.27. The summed E-state index contributed by atoms with van der Waals surface area (Å²) in [7, 11) is 0. The lowest BCUT2D eigenvalue weighted by Gasteiger charge is -2.07. The molecule has 0 unspecified atom stereocenters. The smallest absolute Gasteiger partial charge is 0.251 e. The van der Waals surface area contributed by atoms with Crippen LogP contribution in [0.2, 0.25) is 0 Å². The minimum atomic E-state index is -0.617. The van der Waals surface area contributed by atoms with Gasteiger partial charge < -0.3 is 5.32 Å². The summed E-state index contributed by atoms with van der Waals surface area (Å²) in [5.41, 5.74) is 0.124. The number of benzene rings is 2. The fraction of sp³-hybridized carbons (Fsp3) is 0.0714. The van der Waals surface area contributed by atoms with E-state index in [-0.39, 0.29) is 22.1 Å². The molecule has 6 heteroatoms. The molecule has 0 atom stereocenters. The highest BCUT2D eigenvalue weighted by Crippen LogP contribution is 2.16. The first-order valence-corrected chi connectivity index (χ1v) is 6.44. The molecule has 0 heterocycles. The highest BCUT2D eigenvalue weighted by atomic mass is 79.9. The molecule has 0 radical (unpaired) electrons. The maximum atomic E-state index is 13.4.